The van der Waals surface area contributed by atoms with Gasteiger partial charge in [-0.1, -0.05) is 11.8 Å². The van der Waals surface area contributed by atoms with Gasteiger partial charge < -0.3 is 9.47 Å². The molecule has 5 nitrogen and oxygen atoms in total. The minimum atomic E-state index is -0.643. The van der Waals surface area contributed by atoms with E-state index in [-0.39, 0.29) is 11.5 Å². The summed E-state index contributed by atoms with van der Waals surface area (Å²) in [5.41, 5.74) is 1.02. The standard InChI is InChI=1S/C15H18N2O3S2/c1-8(2)19-15(18)20-9(3)21-13-12-10-5-4-6-11(10)22-14(12)17-7-16-13/h7-9H,4-6H2,1-3H3/t9-/m0/s1. The van der Waals surface area contributed by atoms with E-state index in [0.717, 1.165) is 28.1 Å². The Labute approximate surface area is 137 Å². The van der Waals surface area contributed by atoms with Crippen LogP contribution in [0.3, 0.4) is 0 Å². The van der Waals surface area contributed by atoms with Gasteiger partial charge >= 0.3 is 6.16 Å². The van der Waals surface area contributed by atoms with E-state index in [1.165, 1.54) is 28.6 Å². The van der Waals surface area contributed by atoms with Crippen LogP contribution in [-0.2, 0) is 22.3 Å². The first-order valence-electron chi connectivity index (χ1n) is 7.33. The van der Waals surface area contributed by atoms with Crippen LogP contribution in [-0.4, -0.2) is 27.7 Å². The predicted molar refractivity (Wildman–Crippen MR) is 87.5 cm³/mol. The van der Waals surface area contributed by atoms with Crippen molar-refractivity contribution < 1.29 is 14.3 Å². The van der Waals surface area contributed by atoms with Crippen molar-refractivity contribution in [1.82, 2.24) is 9.97 Å². The molecule has 0 unspecified atom stereocenters. The smallest absolute Gasteiger partial charge is 0.432 e. The third-order valence-corrected chi connectivity index (χ3v) is 5.50. The van der Waals surface area contributed by atoms with Crippen molar-refractivity contribution >= 4 is 39.5 Å². The highest BCUT2D eigenvalue weighted by atomic mass is 32.2. The lowest BCUT2D eigenvalue weighted by Crippen LogP contribution is -2.17. The van der Waals surface area contributed by atoms with Gasteiger partial charge in [0.15, 0.2) is 5.44 Å². The fourth-order valence-corrected chi connectivity index (χ4v) is 4.71. The molecular weight excluding hydrogens is 320 g/mol. The molecule has 2 aromatic heterocycles. The Morgan fingerprint density at radius 3 is 2.86 bits per heavy atom. The van der Waals surface area contributed by atoms with Crippen molar-refractivity contribution in [3.05, 3.63) is 16.8 Å². The molecule has 0 saturated heterocycles. The minimum Gasteiger partial charge on any atom is -0.432 e. The summed E-state index contributed by atoms with van der Waals surface area (Å²) >= 11 is 3.18. The maximum absolute atomic E-state index is 11.6. The fraction of sp³-hybridized carbons (Fsp3) is 0.533. The van der Waals surface area contributed by atoms with Crippen molar-refractivity contribution in [1.29, 1.82) is 0 Å². The molecule has 0 fully saturated rings. The number of hydrogen-bond donors (Lipinski definition) is 0. The van der Waals surface area contributed by atoms with E-state index in [4.69, 9.17) is 9.47 Å². The second kappa shape index (κ2) is 6.42. The Kier molecular flexibility index (Phi) is 4.54. The summed E-state index contributed by atoms with van der Waals surface area (Å²) in [6.07, 6.45) is 4.17. The highest BCUT2D eigenvalue weighted by Crippen LogP contribution is 2.40. The van der Waals surface area contributed by atoms with Crippen molar-refractivity contribution in [2.24, 2.45) is 0 Å². The summed E-state index contributed by atoms with van der Waals surface area (Å²) in [6.45, 7) is 5.41. The Morgan fingerprint density at radius 1 is 1.27 bits per heavy atom. The summed E-state index contributed by atoms with van der Waals surface area (Å²) < 4.78 is 10.3. The largest absolute Gasteiger partial charge is 0.509 e. The second-order valence-corrected chi connectivity index (χ2v) is 7.81. The van der Waals surface area contributed by atoms with E-state index in [2.05, 4.69) is 9.97 Å². The van der Waals surface area contributed by atoms with Crippen LogP contribution >= 0.6 is 23.1 Å². The van der Waals surface area contributed by atoms with Crippen molar-refractivity contribution in [3.63, 3.8) is 0 Å². The molecule has 118 valence electrons. The van der Waals surface area contributed by atoms with Crippen LogP contribution in [0.1, 0.15) is 37.6 Å². The molecule has 0 bridgehead atoms. The first-order chi connectivity index (χ1) is 10.5. The Morgan fingerprint density at radius 2 is 2.09 bits per heavy atom. The first-order valence-corrected chi connectivity index (χ1v) is 9.03. The van der Waals surface area contributed by atoms with Gasteiger partial charge in [0.25, 0.3) is 0 Å². The SMILES string of the molecule is CC(C)OC(=O)O[C@H](C)Sc1ncnc2sc3c(c12)CCC3. The Bertz CT molecular complexity index is 699. The van der Waals surface area contributed by atoms with Crippen LogP contribution in [0.4, 0.5) is 4.79 Å². The molecule has 0 aliphatic heterocycles. The highest BCUT2D eigenvalue weighted by Gasteiger charge is 2.23. The maximum atomic E-state index is 11.6. The van der Waals surface area contributed by atoms with E-state index < -0.39 is 6.16 Å². The molecule has 2 heterocycles. The normalized spacial score (nSPS) is 15.1. The van der Waals surface area contributed by atoms with Crippen molar-refractivity contribution in [2.45, 2.75) is 56.6 Å². The number of thioether (sulfide) groups is 1. The third-order valence-electron chi connectivity index (χ3n) is 3.34. The van der Waals surface area contributed by atoms with Gasteiger partial charge in [-0.25, -0.2) is 14.8 Å². The number of carbonyl (C=O) groups is 1. The average Bonchev–Trinajstić information content (AvgIpc) is 2.97. The number of aryl methyl sites for hydroxylation is 2. The second-order valence-electron chi connectivity index (χ2n) is 5.44. The van der Waals surface area contributed by atoms with Gasteiger partial charge in [-0.05, 0) is 45.6 Å². The number of nitrogens with zero attached hydrogens (tertiary/aromatic N) is 2. The maximum Gasteiger partial charge on any atom is 0.509 e. The van der Waals surface area contributed by atoms with Gasteiger partial charge in [0.05, 0.1) is 6.10 Å². The first kappa shape index (κ1) is 15.6. The lowest BCUT2D eigenvalue weighted by atomic mass is 10.2. The molecular formula is C15H18N2O3S2. The van der Waals surface area contributed by atoms with Crippen LogP contribution in [0, 0.1) is 0 Å². The molecule has 0 aromatic carbocycles. The number of rotatable bonds is 4. The lowest BCUT2D eigenvalue weighted by Gasteiger charge is -2.14. The van der Waals surface area contributed by atoms with E-state index >= 15 is 0 Å². The zero-order valence-corrected chi connectivity index (χ0v) is 14.4. The summed E-state index contributed by atoms with van der Waals surface area (Å²) in [6, 6.07) is 0. The minimum absolute atomic E-state index is 0.185. The van der Waals surface area contributed by atoms with Gasteiger partial charge in [-0.2, -0.15) is 0 Å². The molecule has 0 amide bonds. The quantitative estimate of drug-likeness (QED) is 0.361. The van der Waals surface area contributed by atoms with Crippen LogP contribution in [0.15, 0.2) is 11.4 Å². The molecule has 1 aliphatic carbocycles. The monoisotopic (exact) mass is 338 g/mol. The molecule has 2 aromatic rings. The zero-order chi connectivity index (χ0) is 15.7. The van der Waals surface area contributed by atoms with Gasteiger partial charge in [-0.15, -0.1) is 11.3 Å². The molecule has 22 heavy (non-hydrogen) atoms. The van der Waals surface area contributed by atoms with Gasteiger partial charge in [0, 0.05) is 10.3 Å². The number of aromatic nitrogens is 2. The lowest BCUT2D eigenvalue weighted by molar-refractivity contribution is 0.0312. The summed E-state index contributed by atoms with van der Waals surface area (Å²) in [5.74, 6) is 0. The number of ether oxygens (including phenoxy) is 2. The molecule has 1 aliphatic rings. The third kappa shape index (κ3) is 3.20. The molecule has 1 atom stereocenters. The molecule has 0 spiro atoms. The Hall–Kier alpha value is -1.34. The van der Waals surface area contributed by atoms with Gasteiger partial charge in [0.2, 0.25) is 0 Å². The Balaban J connectivity index is 1.78. The van der Waals surface area contributed by atoms with E-state index in [1.807, 2.05) is 6.92 Å². The van der Waals surface area contributed by atoms with Gasteiger partial charge in [0.1, 0.15) is 16.2 Å². The van der Waals surface area contributed by atoms with E-state index in [9.17, 15) is 4.79 Å². The van der Waals surface area contributed by atoms with Crippen LogP contribution < -0.4 is 0 Å². The summed E-state index contributed by atoms with van der Waals surface area (Å²) in [7, 11) is 0. The number of carbonyl (C=O) groups excluding carboxylic acids is 1. The number of thiophene rings is 1. The van der Waals surface area contributed by atoms with Crippen LogP contribution in [0.25, 0.3) is 10.2 Å². The molecule has 3 rings (SSSR count). The number of fused-ring (bicyclic) bond motifs is 3. The van der Waals surface area contributed by atoms with Crippen molar-refractivity contribution in [2.75, 3.05) is 0 Å². The topological polar surface area (TPSA) is 61.3 Å². The summed E-state index contributed by atoms with van der Waals surface area (Å²) in [5, 5.41) is 2.02. The van der Waals surface area contributed by atoms with Crippen molar-refractivity contribution in [3.8, 4) is 0 Å². The molecule has 0 saturated carbocycles. The predicted octanol–water partition coefficient (Wildman–Crippen LogP) is 4.18. The van der Waals surface area contributed by atoms with Gasteiger partial charge in [-0.3, -0.25) is 0 Å². The van der Waals surface area contributed by atoms with Crippen LogP contribution in [0.5, 0.6) is 0 Å². The molecule has 0 N–H and O–H groups in total. The van der Waals surface area contributed by atoms with E-state index in [0.29, 0.717) is 0 Å². The summed E-state index contributed by atoms with van der Waals surface area (Å²) in [4.78, 5) is 22.8. The highest BCUT2D eigenvalue weighted by molar-refractivity contribution is 7.99. The molecule has 0 radical (unpaired) electrons. The van der Waals surface area contributed by atoms with E-state index in [1.54, 1.807) is 31.5 Å². The molecule has 7 heteroatoms. The number of hydrogen-bond acceptors (Lipinski definition) is 7. The van der Waals surface area contributed by atoms with Crippen LogP contribution in [0.2, 0.25) is 0 Å². The zero-order valence-electron chi connectivity index (χ0n) is 12.8. The fourth-order valence-electron chi connectivity index (χ4n) is 2.53. The average molecular weight is 338 g/mol.